The third-order valence-electron chi connectivity index (χ3n) is 5.97. The molecule has 132 valence electrons. The molecule has 2 fully saturated rings. The van der Waals surface area contributed by atoms with Crippen LogP contribution in [-0.2, 0) is 4.79 Å². The molecule has 3 atom stereocenters. The Morgan fingerprint density at radius 3 is 2.62 bits per heavy atom. The molecule has 1 amide bonds. The molecule has 0 unspecified atom stereocenters. The van der Waals surface area contributed by atoms with Crippen LogP contribution < -0.4 is 0 Å². The van der Waals surface area contributed by atoms with Crippen LogP contribution in [0.2, 0.25) is 0 Å². The highest BCUT2D eigenvalue weighted by molar-refractivity contribution is 7.12. The molecule has 4 heteroatoms. The number of carbonyl (C=O) groups is 2. The molecule has 0 spiro atoms. The van der Waals surface area contributed by atoms with Crippen molar-refractivity contribution in [3.63, 3.8) is 0 Å². The van der Waals surface area contributed by atoms with Crippen LogP contribution in [0.15, 0.2) is 6.07 Å². The third kappa shape index (κ3) is 3.58. The van der Waals surface area contributed by atoms with Gasteiger partial charge in [0.2, 0.25) is 5.91 Å². The van der Waals surface area contributed by atoms with E-state index in [1.165, 1.54) is 19.3 Å². The molecular weight excluding hydrogens is 318 g/mol. The van der Waals surface area contributed by atoms with Crippen molar-refractivity contribution in [2.75, 3.05) is 6.54 Å². The maximum absolute atomic E-state index is 12.8. The van der Waals surface area contributed by atoms with E-state index < -0.39 is 0 Å². The minimum absolute atomic E-state index is 0.121. The number of thiophene rings is 1. The molecule has 0 N–H and O–H groups in total. The molecule has 3 nitrogen and oxygen atoms in total. The second-order valence-corrected chi connectivity index (χ2v) is 9.08. The number of carbonyl (C=O) groups excluding carboxylic acids is 2. The second-order valence-electron chi connectivity index (χ2n) is 7.62. The number of Topliss-reactive ketones (excluding diaryl/α,β-unsaturated/α-hetero) is 1. The number of hydrogen-bond donors (Lipinski definition) is 0. The van der Waals surface area contributed by atoms with Crippen LogP contribution in [0.5, 0.6) is 0 Å². The molecule has 1 aliphatic carbocycles. The topological polar surface area (TPSA) is 37.4 Å². The number of amides is 1. The number of hydrogen-bond acceptors (Lipinski definition) is 3. The summed E-state index contributed by atoms with van der Waals surface area (Å²) in [6.45, 7) is 7.24. The Bertz CT molecular complexity index is 621. The lowest BCUT2D eigenvalue weighted by Crippen LogP contribution is -2.52. The normalized spacial score (nSPS) is 27.0. The van der Waals surface area contributed by atoms with E-state index in [0.29, 0.717) is 24.8 Å². The van der Waals surface area contributed by atoms with E-state index in [1.807, 2.05) is 19.9 Å². The molecule has 2 heterocycles. The molecule has 1 saturated heterocycles. The molecule has 0 aromatic carbocycles. The maximum atomic E-state index is 12.8. The molecule has 0 bridgehead atoms. The summed E-state index contributed by atoms with van der Waals surface area (Å²) < 4.78 is 0. The summed E-state index contributed by atoms with van der Waals surface area (Å²) in [4.78, 5) is 29.5. The van der Waals surface area contributed by atoms with Crippen molar-refractivity contribution in [1.29, 1.82) is 0 Å². The molecule has 1 aromatic heterocycles. The smallest absolute Gasteiger partial charge is 0.223 e. The van der Waals surface area contributed by atoms with E-state index in [4.69, 9.17) is 0 Å². The van der Waals surface area contributed by atoms with Crippen molar-refractivity contribution in [3.05, 3.63) is 21.4 Å². The first-order valence-electron chi connectivity index (χ1n) is 9.37. The van der Waals surface area contributed by atoms with Gasteiger partial charge in [-0.3, -0.25) is 9.59 Å². The lowest BCUT2D eigenvalue weighted by molar-refractivity contribution is -0.139. The zero-order chi connectivity index (χ0) is 17.3. The van der Waals surface area contributed by atoms with E-state index in [9.17, 15) is 9.59 Å². The lowest BCUT2D eigenvalue weighted by Gasteiger charge is -2.47. The van der Waals surface area contributed by atoms with Gasteiger partial charge in [-0.1, -0.05) is 19.8 Å². The number of likely N-dealkylation sites (tertiary alicyclic amines) is 1. The van der Waals surface area contributed by atoms with E-state index >= 15 is 0 Å². The minimum Gasteiger partial charge on any atom is -0.339 e. The van der Waals surface area contributed by atoms with Crippen molar-refractivity contribution in [1.82, 2.24) is 4.90 Å². The Balaban J connectivity index is 1.60. The number of aryl methyl sites for hydroxylation is 2. The largest absolute Gasteiger partial charge is 0.339 e. The van der Waals surface area contributed by atoms with Crippen LogP contribution in [0.1, 0.15) is 72.0 Å². The van der Waals surface area contributed by atoms with Gasteiger partial charge in [0.25, 0.3) is 0 Å². The van der Waals surface area contributed by atoms with Gasteiger partial charge in [0, 0.05) is 40.7 Å². The average Bonchev–Trinajstić information content (AvgIpc) is 2.91. The van der Waals surface area contributed by atoms with Crippen molar-refractivity contribution in [2.24, 2.45) is 11.8 Å². The molecule has 0 radical (unpaired) electrons. The average molecular weight is 348 g/mol. The third-order valence-corrected chi connectivity index (χ3v) is 6.93. The molecule has 24 heavy (non-hydrogen) atoms. The Morgan fingerprint density at radius 1 is 1.17 bits per heavy atom. The van der Waals surface area contributed by atoms with Gasteiger partial charge in [-0.15, -0.1) is 11.3 Å². The van der Waals surface area contributed by atoms with Gasteiger partial charge in [0.1, 0.15) is 0 Å². The van der Waals surface area contributed by atoms with Crippen molar-refractivity contribution in [3.8, 4) is 0 Å². The van der Waals surface area contributed by atoms with Crippen LogP contribution in [0, 0.1) is 25.7 Å². The summed E-state index contributed by atoms with van der Waals surface area (Å²) in [5.41, 5.74) is 0.813. The fourth-order valence-corrected chi connectivity index (χ4v) is 5.57. The summed E-state index contributed by atoms with van der Waals surface area (Å²) in [5, 5.41) is 0. The zero-order valence-electron chi connectivity index (χ0n) is 15.1. The Kier molecular flexibility index (Phi) is 5.43. The van der Waals surface area contributed by atoms with E-state index in [2.05, 4.69) is 11.8 Å². The molecule has 1 saturated carbocycles. The monoisotopic (exact) mass is 347 g/mol. The highest BCUT2D eigenvalue weighted by Gasteiger charge is 2.39. The first-order valence-corrected chi connectivity index (χ1v) is 10.2. The van der Waals surface area contributed by atoms with E-state index in [0.717, 1.165) is 40.6 Å². The van der Waals surface area contributed by atoms with E-state index in [1.54, 1.807) is 11.3 Å². The van der Waals surface area contributed by atoms with Gasteiger partial charge in [0.05, 0.1) is 0 Å². The van der Waals surface area contributed by atoms with Crippen LogP contribution >= 0.6 is 11.3 Å². The first-order chi connectivity index (χ1) is 11.5. The highest BCUT2D eigenvalue weighted by Crippen LogP contribution is 2.39. The summed E-state index contributed by atoms with van der Waals surface area (Å²) in [5.74, 6) is 1.72. The Labute approximate surface area is 149 Å². The van der Waals surface area contributed by atoms with Gasteiger partial charge < -0.3 is 4.90 Å². The number of rotatable bonds is 4. The SMILES string of the molecule is Cc1cc(C(=O)CCC(=O)N2CC[C@H](C)[C@H]3CCCC[C@@H]32)c(C)s1. The van der Waals surface area contributed by atoms with Gasteiger partial charge in [-0.25, -0.2) is 0 Å². The molecule has 1 aromatic rings. The number of piperidine rings is 1. The van der Waals surface area contributed by atoms with Crippen LogP contribution in [0.3, 0.4) is 0 Å². The van der Waals surface area contributed by atoms with Gasteiger partial charge in [0.15, 0.2) is 5.78 Å². The highest BCUT2D eigenvalue weighted by atomic mass is 32.1. The van der Waals surface area contributed by atoms with E-state index in [-0.39, 0.29) is 11.7 Å². The summed E-state index contributed by atoms with van der Waals surface area (Å²) >= 11 is 1.66. The van der Waals surface area contributed by atoms with Gasteiger partial charge in [-0.05, 0) is 51.0 Å². The summed E-state index contributed by atoms with van der Waals surface area (Å²) in [7, 11) is 0. The quantitative estimate of drug-likeness (QED) is 0.737. The fourth-order valence-electron chi connectivity index (χ4n) is 4.63. The first kappa shape index (κ1) is 17.7. The number of fused-ring (bicyclic) bond motifs is 1. The number of ketones is 1. The fraction of sp³-hybridized carbons (Fsp3) is 0.700. The molecule has 1 aliphatic heterocycles. The lowest BCUT2D eigenvalue weighted by atomic mass is 9.72. The summed E-state index contributed by atoms with van der Waals surface area (Å²) in [6.07, 6.45) is 6.79. The van der Waals surface area contributed by atoms with Gasteiger partial charge in [-0.2, -0.15) is 0 Å². The van der Waals surface area contributed by atoms with Crippen LogP contribution in [-0.4, -0.2) is 29.2 Å². The Hall–Kier alpha value is -1.16. The summed E-state index contributed by atoms with van der Waals surface area (Å²) in [6, 6.07) is 2.39. The second kappa shape index (κ2) is 7.38. The zero-order valence-corrected chi connectivity index (χ0v) is 16.0. The molecule has 3 rings (SSSR count). The van der Waals surface area contributed by atoms with Gasteiger partial charge >= 0.3 is 0 Å². The predicted molar refractivity (Wildman–Crippen MR) is 98.6 cm³/mol. The maximum Gasteiger partial charge on any atom is 0.223 e. The molecule has 2 aliphatic rings. The standard InChI is InChI=1S/C20H29NO2S/c1-13-10-11-21(18-7-5-4-6-16(13)18)20(23)9-8-19(22)17-12-14(2)24-15(17)3/h12-13,16,18H,4-11H2,1-3H3/t13-,16+,18-/m0/s1. The minimum atomic E-state index is 0.121. The predicted octanol–water partition coefficient (Wildman–Crippen LogP) is 4.76. The van der Waals surface area contributed by atoms with Crippen LogP contribution in [0.4, 0.5) is 0 Å². The van der Waals surface area contributed by atoms with Crippen molar-refractivity contribution < 1.29 is 9.59 Å². The van der Waals surface area contributed by atoms with Crippen LogP contribution in [0.25, 0.3) is 0 Å². The van der Waals surface area contributed by atoms with Crippen molar-refractivity contribution >= 4 is 23.0 Å². The molecular formula is C20H29NO2S. The Morgan fingerprint density at radius 2 is 1.92 bits per heavy atom. The van der Waals surface area contributed by atoms with Crippen molar-refractivity contribution in [2.45, 2.75) is 71.8 Å². The number of nitrogens with zero attached hydrogens (tertiary/aromatic N) is 1.